The lowest BCUT2D eigenvalue weighted by molar-refractivity contribution is -0.109. The van der Waals surface area contributed by atoms with Crippen molar-refractivity contribution in [2.75, 3.05) is 18.1 Å². The number of amides is 1. The van der Waals surface area contributed by atoms with Gasteiger partial charge < -0.3 is 20.1 Å². The lowest BCUT2D eigenvalue weighted by atomic mass is 10.1. The minimum Gasteiger partial charge on any atom is -0.508 e. The molecule has 12 heteroatoms. The number of carbonyl (C=O) groups is 1. The van der Waals surface area contributed by atoms with Crippen LogP contribution in [-0.4, -0.2) is 55.4 Å². The molecular formula is C27H21F2N7O3. The molecule has 1 aliphatic rings. The normalized spacial score (nSPS) is 14.6. The van der Waals surface area contributed by atoms with Gasteiger partial charge in [-0.3, -0.25) is 14.5 Å². The van der Waals surface area contributed by atoms with Gasteiger partial charge in [0, 0.05) is 47.7 Å². The average molecular weight is 530 g/mol. The molecule has 0 bridgehead atoms. The van der Waals surface area contributed by atoms with E-state index >= 15 is 0 Å². The number of ether oxygens (including phenoxy) is 1. The molecule has 2 aromatic carbocycles. The molecule has 10 nitrogen and oxygen atoms in total. The first-order chi connectivity index (χ1) is 19.0. The van der Waals surface area contributed by atoms with Crippen molar-refractivity contribution in [3.8, 4) is 23.0 Å². The molecule has 196 valence electrons. The largest absolute Gasteiger partial charge is 0.508 e. The number of nitrogens with one attached hydrogen (secondary N) is 1. The summed E-state index contributed by atoms with van der Waals surface area (Å²) in [5.74, 6) is -1.04. The number of benzene rings is 2. The smallest absolute Gasteiger partial charge is 0.207 e. The van der Waals surface area contributed by atoms with Crippen LogP contribution in [0.15, 0.2) is 67.1 Å². The van der Waals surface area contributed by atoms with Crippen LogP contribution in [0.3, 0.4) is 0 Å². The van der Waals surface area contributed by atoms with Gasteiger partial charge in [0.1, 0.15) is 29.7 Å². The number of nitrogens with zero attached hydrogens (tertiary/aromatic N) is 6. The summed E-state index contributed by atoms with van der Waals surface area (Å²) in [6, 6.07) is 12.4. The van der Waals surface area contributed by atoms with Crippen LogP contribution in [0.5, 0.6) is 11.5 Å². The highest BCUT2D eigenvalue weighted by Crippen LogP contribution is 2.38. The Kier molecular flexibility index (Phi) is 6.19. The molecule has 5 aromatic rings. The van der Waals surface area contributed by atoms with Crippen molar-refractivity contribution in [1.29, 1.82) is 0 Å². The summed E-state index contributed by atoms with van der Waals surface area (Å²) in [6.45, 7) is 0.390. The Bertz CT molecular complexity index is 1660. The molecule has 2 N–H and O–H groups in total. The van der Waals surface area contributed by atoms with Crippen LogP contribution < -0.4 is 15.0 Å². The molecule has 1 amide bonds. The van der Waals surface area contributed by atoms with E-state index in [0.29, 0.717) is 47.7 Å². The SMILES string of the molecule is O=CNCC1COc2cnc(-c3nn(Cc4c(F)cc(O)cc4F)c4ccccc34)nc2N1c1ccncc1. The Balaban J connectivity index is 1.46. The number of aromatic nitrogens is 5. The molecule has 1 aliphatic heterocycles. The number of fused-ring (bicyclic) bond motifs is 2. The standard InChI is InChI=1S/C27H21F2N7O3/c28-21-9-18(38)10-22(29)20(21)13-35-23-4-2-1-3-19(23)25(34-35)26-32-12-24-27(33-26)36(16-5-7-30-8-6-16)17(14-39-24)11-31-15-37/h1-10,12,15,17,38H,11,13-14H2,(H,31,37). The summed E-state index contributed by atoms with van der Waals surface area (Å²) in [6.07, 6.45) is 5.51. The van der Waals surface area contributed by atoms with Crippen molar-refractivity contribution in [2.24, 2.45) is 0 Å². The molecule has 0 fully saturated rings. The maximum absolute atomic E-state index is 14.5. The molecule has 0 aliphatic carbocycles. The number of aromatic hydroxyl groups is 1. The zero-order valence-electron chi connectivity index (χ0n) is 20.3. The third kappa shape index (κ3) is 4.45. The number of phenols is 1. The van der Waals surface area contributed by atoms with Crippen LogP contribution in [0, 0.1) is 11.6 Å². The number of para-hydroxylation sites is 1. The second-order valence-electron chi connectivity index (χ2n) is 8.86. The van der Waals surface area contributed by atoms with E-state index in [4.69, 9.17) is 9.72 Å². The molecular weight excluding hydrogens is 508 g/mol. The number of halogens is 2. The molecule has 1 unspecified atom stereocenters. The highest BCUT2D eigenvalue weighted by Gasteiger charge is 2.31. The maximum Gasteiger partial charge on any atom is 0.207 e. The minimum absolute atomic E-state index is 0.213. The van der Waals surface area contributed by atoms with Crippen LogP contribution in [0.1, 0.15) is 5.56 Å². The minimum atomic E-state index is -0.876. The van der Waals surface area contributed by atoms with Gasteiger partial charge >= 0.3 is 0 Å². The summed E-state index contributed by atoms with van der Waals surface area (Å²) in [5, 5.41) is 17.5. The van der Waals surface area contributed by atoms with Gasteiger partial charge in [0.15, 0.2) is 17.4 Å². The Morgan fingerprint density at radius 3 is 2.67 bits per heavy atom. The fourth-order valence-corrected chi connectivity index (χ4v) is 4.66. The van der Waals surface area contributed by atoms with Crippen LogP contribution >= 0.6 is 0 Å². The summed E-state index contributed by atoms with van der Waals surface area (Å²) in [7, 11) is 0. The van der Waals surface area contributed by atoms with Gasteiger partial charge in [0.2, 0.25) is 6.41 Å². The number of carbonyl (C=O) groups excluding carboxylic acids is 1. The van der Waals surface area contributed by atoms with Gasteiger partial charge in [-0.15, -0.1) is 0 Å². The summed E-state index contributed by atoms with van der Waals surface area (Å²) in [5.41, 5.74) is 1.60. The van der Waals surface area contributed by atoms with Gasteiger partial charge in [-0.25, -0.2) is 18.7 Å². The summed E-state index contributed by atoms with van der Waals surface area (Å²) >= 11 is 0. The van der Waals surface area contributed by atoms with E-state index in [1.807, 2.05) is 29.2 Å². The van der Waals surface area contributed by atoms with Gasteiger partial charge in [-0.05, 0) is 18.2 Å². The van der Waals surface area contributed by atoms with Gasteiger partial charge in [0.05, 0.1) is 24.3 Å². The van der Waals surface area contributed by atoms with Crippen molar-refractivity contribution in [2.45, 2.75) is 12.6 Å². The van der Waals surface area contributed by atoms with Crippen molar-refractivity contribution >= 4 is 28.8 Å². The van der Waals surface area contributed by atoms with Crippen molar-refractivity contribution in [3.63, 3.8) is 0 Å². The number of anilines is 2. The lowest BCUT2D eigenvalue weighted by Crippen LogP contribution is -2.46. The second-order valence-corrected chi connectivity index (χ2v) is 8.86. The van der Waals surface area contributed by atoms with Crippen molar-refractivity contribution in [3.05, 3.63) is 84.3 Å². The molecule has 0 saturated carbocycles. The van der Waals surface area contributed by atoms with Crippen LogP contribution in [0.4, 0.5) is 20.3 Å². The summed E-state index contributed by atoms with van der Waals surface area (Å²) < 4.78 is 36.4. The van der Waals surface area contributed by atoms with E-state index in [1.165, 1.54) is 4.68 Å². The number of pyridine rings is 1. The van der Waals surface area contributed by atoms with Crippen LogP contribution in [-0.2, 0) is 11.3 Å². The number of hydrogen-bond donors (Lipinski definition) is 2. The number of hydrogen-bond acceptors (Lipinski definition) is 8. The zero-order valence-corrected chi connectivity index (χ0v) is 20.3. The average Bonchev–Trinajstić information content (AvgIpc) is 3.32. The molecule has 0 radical (unpaired) electrons. The van der Waals surface area contributed by atoms with Crippen LogP contribution in [0.2, 0.25) is 0 Å². The van der Waals surface area contributed by atoms with Gasteiger partial charge in [-0.1, -0.05) is 18.2 Å². The molecule has 3 aromatic heterocycles. The molecule has 39 heavy (non-hydrogen) atoms. The monoisotopic (exact) mass is 529 g/mol. The Labute approximate surface area is 220 Å². The van der Waals surface area contributed by atoms with Gasteiger partial charge in [0.25, 0.3) is 0 Å². The van der Waals surface area contributed by atoms with E-state index < -0.39 is 17.4 Å². The lowest BCUT2D eigenvalue weighted by Gasteiger charge is -2.37. The van der Waals surface area contributed by atoms with E-state index in [2.05, 4.69) is 20.4 Å². The molecule has 0 saturated heterocycles. The van der Waals surface area contributed by atoms with Crippen LogP contribution in [0.25, 0.3) is 22.4 Å². The first-order valence-electron chi connectivity index (χ1n) is 12.0. The van der Waals surface area contributed by atoms with E-state index in [-0.39, 0.29) is 24.0 Å². The molecule has 1 atom stereocenters. The predicted octanol–water partition coefficient (Wildman–Crippen LogP) is 3.57. The van der Waals surface area contributed by atoms with E-state index in [0.717, 1.165) is 17.8 Å². The molecule has 0 spiro atoms. The maximum atomic E-state index is 14.5. The topological polar surface area (TPSA) is 118 Å². The quantitative estimate of drug-likeness (QED) is 0.307. The zero-order chi connectivity index (χ0) is 26.9. The van der Waals surface area contributed by atoms with Gasteiger partial charge in [-0.2, -0.15) is 5.10 Å². The number of phenolic OH excluding ortho intramolecular Hbond substituents is 1. The van der Waals surface area contributed by atoms with E-state index in [9.17, 15) is 18.7 Å². The first-order valence-corrected chi connectivity index (χ1v) is 12.0. The fourth-order valence-electron chi connectivity index (χ4n) is 4.66. The predicted molar refractivity (Wildman–Crippen MR) is 138 cm³/mol. The highest BCUT2D eigenvalue weighted by atomic mass is 19.1. The third-order valence-corrected chi connectivity index (χ3v) is 6.44. The van der Waals surface area contributed by atoms with E-state index in [1.54, 1.807) is 30.7 Å². The Morgan fingerprint density at radius 2 is 1.90 bits per heavy atom. The fraction of sp³-hybridized carbons (Fsp3) is 0.148. The number of rotatable bonds is 7. The second kappa shape index (κ2) is 9.97. The molecule has 6 rings (SSSR count). The van der Waals surface area contributed by atoms with Crippen molar-refractivity contribution < 1.29 is 23.4 Å². The Hall–Kier alpha value is -5.13. The molecule has 4 heterocycles. The van der Waals surface area contributed by atoms with Crippen molar-refractivity contribution in [1.82, 2.24) is 30.0 Å². The highest BCUT2D eigenvalue weighted by molar-refractivity contribution is 5.92. The Morgan fingerprint density at radius 1 is 1.13 bits per heavy atom. The third-order valence-electron chi connectivity index (χ3n) is 6.44. The summed E-state index contributed by atoms with van der Waals surface area (Å²) in [4.78, 5) is 26.4. The first kappa shape index (κ1) is 24.2.